The number of fused-ring (bicyclic) bond motifs is 1. The molecule has 22 heavy (non-hydrogen) atoms. The first-order valence-electron chi connectivity index (χ1n) is 7.96. The minimum absolute atomic E-state index is 0.00717. The first-order chi connectivity index (χ1) is 10.6. The number of hydrogen-bond acceptors (Lipinski definition) is 3. The van der Waals surface area contributed by atoms with Crippen LogP contribution >= 0.6 is 0 Å². The quantitative estimate of drug-likeness (QED) is 0.931. The van der Waals surface area contributed by atoms with Crippen LogP contribution in [0.4, 0.5) is 5.69 Å². The monoisotopic (exact) mass is 302 g/mol. The van der Waals surface area contributed by atoms with Gasteiger partial charge >= 0.3 is 0 Å². The third-order valence-corrected chi connectivity index (χ3v) is 4.33. The Labute approximate surface area is 130 Å². The van der Waals surface area contributed by atoms with Gasteiger partial charge < -0.3 is 10.1 Å². The highest BCUT2D eigenvalue weighted by Gasteiger charge is 2.28. The molecule has 0 unspecified atom stereocenters. The Morgan fingerprint density at radius 2 is 2.09 bits per heavy atom. The lowest BCUT2D eigenvalue weighted by atomic mass is 9.95. The standard InChI is InChI=1S/C17H22N2O3/c1-12-7-8-15-14(9-12)19(17(21)11-22-15)10-16(20)18-13-5-3-2-4-6-13/h7-9,13H,2-6,10-11H2,1H3,(H,18,20). The van der Waals surface area contributed by atoms with Crippen molar-refractivity contribution in [3.63, 3.8) is 0 Å². The van der Waals surface area contributed by atoms with Crippen LogP contribution in [0.5, 0.6) is 5.75 Å². The number of amides is 2. The zero-order valence-electron chi connectivity index (χ0n) is 12.9. The average molecular weight is 302 g/mol. The molecule has 0 saturated heterocycles. The molecule has 5 heteroatoms. The van der Waals surface area contributed by atoms with Gasteiger partial charge in [-0.15, -0.1) is 0 Å². The van der Waals surface area contributed by atoms with E-state index in [9.17, 15) is 9.59 Å². The number of hydrogen-bond donors (Lipinski definition) is 1. The van der Waals surface area contributed by atoms with Gasteiger partial charge in [-0.25, -0.2) is 0 Å². The lowest BCUT2D eigenvalue weighted by Gasteiger charge is -2.30. The van der Waals surface area contributed by atoms with Crippen molar-refractivity contribution >= 4 is 17.5 Å². The van der Waals surface area contributed by atoms with E-state index in [4.69, 9.17) is 4.74 Å². The van der Waals surface area contributed by atoms with Gasteiger partial charge in [-0.05, 0) is 37.5 Å². The van der Waals surface area contributed by atoms with Gasteiger partial charge in [0.15, 0.2) is 6.61 Å². The van der Waals surface area contributed by atoms with Gasteiger partial charge in [0.1, 0.15) is 12.3 Å². The van der Waals surface area contributed by atoms with E-state index in [0.29, 0.717) is 11.4 Å². The van der Waals surface area contributed by atoms with Gasteiger partial charge in [-0.3, -0.25) is 14.5 Å². The zero-order valence-corrected chi connectivity index (χ0v) is 12.9. The molecule has 1 aromatic carbocycles. The highest BCUT2D eigenvalue weighted by atomic mass is 16.5. The average Bonchev–Trinajstić information content (AvgIpc) is 2.51. The molecule has 0 radical (unpaired) electrons. The van der Waals surface area contributed by atoms with Crippen LogP contribution in [0.15, 0.2) is 18.2 Å². The number of benzene rings is 1. The minimum Gasteiger partial charge on any atom is -0.482 e. The molecule has 1 heterocycles. The van der Waals surface area contributed by atoms with Crippen molar-refractivity contribution in [3.8, 4) is 5.75 Å². The first kappa shape index (κ1) is 14.9. The summed E-state index contributed by atoms with van der Waals surface area (Å²) < 4.78 is 5.43. The van der Waals surface area contributed by atoms with Crippen LogP contribution in [-0.4, -0.2) is 31.0 Å². The van der Waals surface area contributed by atoms with Crippen LogP contribution in [0.25, 0.3) is 0 Å². The van der Waals surface area contributed by atoms with Crippen molar-refractivity contribution in [2.24, 2.45) is 0 Å². The number of carbonyl (C=O) groups is 2. The molecule has 0 spiro atoms. The molecule has 2 aliphatic rings. The number of aryl methyl sites for hydroxylation is 1. The van der Waals surface area contributed by atoms with E-state index in [1.54, 1.807) is 0 Å². The summed E-state index contributed by atoms with van der Waals surface area (Å²) >= 11 is 0. The van der Waals surface area contributed by atoms with Crippen molar-refractivity contribution in [2.45, 2.75) is 45.1 Å². The lowest BCUT2D eigenvalue weighted by molar-refractivity contribution is -0.125. The molecular weight excluding hydrogens is 280 g/mol. The second-order valence-electron chi connectivity index (χ2n) is 6.14. The molecule has 2 amide bonds. The Morgan fingerprint density at radius 3 is 2.86 bits per heavy atom. The zero-order chi connectivity index (χ0) is 15.5. The number of nitrogens with one attached hydrogen (secondary N) is 1. The number of carbonyl (C=O) groups excluding carboxylic acids is 2. The van der Waals surface area contributed by atoms with Crippen LogP contribution in [0.3, 0.4) is 0 Å². The van der Waals surface area contributed by atoms with Crippen LogP contribution in [0.2, 0.25) is 0 Å². The summed E-state index contributed by atoms with van der Waals surface area (Å²) in [6, 6.07) is 5.94. The van der Waals surface area contributed by atoms with E-state index in [1.807, 2.05) is 25.1 Å². The summed E-state index contributed by atoms with van der Waals surface area (Å²) in [5, 5.41) is 3.06. The fraction of sp³-hybridized carbons (Fsp3) is 0.529. The molecule has 1 N–H and O–H groups in total. The van der Waals surface area contributed by atoms with Crippen LogP contribution in [-0.2, 0) is 9.59 Å². The van der Waals surface area contributed by atoms with E-state index in [0.717, 1.165) is 18.4 Å². The third-order valence-electron chi connectivity index (χ3n) is 4.33. The fourth-order valence-corrected chi connectivity index (χ4v) is 3.15. The van der Waals surface area contributed by atoms with Crippen molar-refractivity contribution < 1.29 is 14.3 Å². The first-order valence-corrected chi connectivity index (χ1v) is 7.96. The second kappa shape index (κ2) is 6.38. The molecule has 0 atom stereocenters. The topological polar surface area (TPSA) is 58.6 Å². The van der Waals surface area contributed by atoms with E-state index in [1.165, 1.54) is 24.2 Å². The van der Waals surface area contributed by atoms with E-state index in [-0.39, 0.29) is 31.0 Å². The fourth-order valence-electron chi connectivity index (χ4n) is 3.15. The van der Waals surface area contributed by atoms with Crippen molar-refractivity contribution in [2.75, 3.05) is 18.1 Å². The lowest BCUT2D eigenvalue weighted by Crippen LogP contribution is -2.47. The number of rotatable bonds is 3. The Morgan fingerprint density at radius 1 is 1.32 bits per heavy atom. The highest BCUT2D eigenvalue weighted by Crippen LogP contribution is 2.32. The highest BCUT2D eigenvalue weighted by molar-refractivity contribution is 6.02. The molecule has 0 bridgehead atoms. The molecule has 1 aliphatic heterocycles. The maximum atomic E-state index is 12.3. The number of anilines is 1. The molecule has 3 rings (SSSR count). The Bertz CT molecular complexity index is 579. The van der Waals surface area contributed by atoms with Gasteiger partial charge in [0.25, 0.3) is 5.91 Å². The summed E-state index contributed by atoms with van der Waals surface area (Å²) in [5.74, 6) is 0.405. The molecule has 118 valence electrons. The van der Waals surface area contributed by atoms with E-state index < -0.39 is 0 Å². The molecule has 1 aromatic rings. The van der Waals surface area contributed by atoms with Crippen LogP contribution in [0, 0.1) is 6.92 Å². The summed E-state index contributed by atoms with van der Waals surface area (Å²) in [6.07, 6.45) is 5.67. The molecule has 1 saturated carbocycles. The number of nitrogens with zero attached hydrogens (tertiary/aromatic N) is 1. The smallest absolute Gasteiger partial charge is 0.265 e. The van der Waals surface area contributed by atoms with Gasteiger partial charge in [0.2, 0.25) is 5.91 Å². The summed E-state index contributed by atoms with van der Waals surface area (Å²) in [5.41, 5.74) is 1.73. The van der Waals surface area contributed by atoms with Gasteiger partial charge in [0.05, 0.1) is 5.69 Å². The Balaban J connectivity index is 1.70. The van der Waals surface area contributed by atoms with E-state index >= 15 is 0 Å². The van der Waals surface area contributed by atoms with Gasteiger partial charge in [-0.2, -0.15) is 0 Å². The van der Waals surface area contributed by atoms with Crippen molar-refractivity contribution in [3.05, 3.63) is 23.8 Å². The Kier molecular flexibility index (Phi) is 4.32. The van der Waals surface area contributed by atoms with E-state index in [2.05, 4.69) is 5.32 Å². The van der Waals surface area contributed by atoms with Crippen molar-refractivity contribution in [1.29, 1.82) is 0 Å². The van der Waals surface area contributed by atoms with Gasteiger partial charge in [-0.1, -0.05) is 25.3 Å². The third kappa shape index (κ3) is 3.24. The predicted molar refractivity (Wildman–Crippen MR) is 84.0 cm³/mol. The minimum atomic E-state index is -0.170. The summed E-state index contributed by atoms with van der Waals surface area (Å²) in [7, 11) is 0. The normalized spacial score (nSPS) is 18.6. The second-order valence-corrected chi connectivity index (χ2v) is 6.14. The largest absolute Gasteiger partial charge is 0.482 e. The molecule has 5 nitrogen and oxygen atoms in total. The number of ether oxygens (including phenoxy) is 1. The van der Waals surface area contributed by atoms with Crippen LogP contribution < -0.4 is 15.0 Å². The predicted octanol–water partition coefficient (Wildman–Crippen LogP) is 2.17. The van der Waals surface area contributed by atoms with Crippen LogP contribution in [0.1, 0.15) is 37.7 Å². The van der Waals surface area contributed by atoms with Gasteiger partial charge in [0, 0.05) is 6.04 Å². The summed E-state index contributed by atoms with van der Waals surface area (Å²) in [6.45, 7) is 2.02. The maximum absolute atomic E-state index is 12.3. The Hall–Kier alpha value is -2.04. The molecule has 1 aliphatic carbocycles. The molecule has 0 aromatic heterocycles. The SMILES string of the molecule is Cc1ccc2c(c1)N(CC(=O)NC1CCCCC1)C(=O)CO2. The maximum Gasteiger partial charge on any atom is 0.265 e. The molecule has 1 fully saturated rings. The summed E-state index contributed by atoms with van der Waals surface area (Å²) in [4.78, 5) is 25.9. The van der Waals surface area contributed by atoms with Crippen molar-refractivity contribution in [1.82, 2.24) is 5.32 Å². The molecular formula is C17H22N2O3.